The molecule has 0 heterocycles. The summed E-state index contributed by atoms with van der Waals surface area (Å²) < 4.78 is 24.6. The molecule has 0 fully saturated rings. The maximum Gasteiger partial charge on any atom is 0.168 e. The quantitative estimate of drug-likeness (QED) is 0.828. The molecule has 1 aromatic carbocycles. The Morgan fingerprint density at radius 3 is 2.58 bits per heavy atom. The topological polar surface area (TPSA) is 38.7 Å². The number of hydrogen-bond acceptors (Lipinski definition) is 3. The molecule has 108 valence electrons. The molecule has 2 unspecified atom stereocenters. The fourth-order valence-corrected chi connectivity index (χ4v) is 2.06. The third kappa shape index (κ3) is 3.67. The lowest BCUT2D eigenvalue weighted by molar-refractivity contribution is -0.110. The zero-order valence-corrected chi connectivity index (χ0v) is 12.1. The van der Waals surface area contributed by atoms with Crippen molar-refractivity contribution in [2.24, 2.45) is 0 Å². The summed E-state index contributed by atoms with van der Waals surface area (Å²) in [7, 11) is 1.43. The van der Waals surface area contributed by atoms with E-state index in [0.717, 1.165) is 0 Å². The van der Waals surface area contributed by atoms with Gasteiger partial charge in [-0.25, -0.2) is 4.39 Å². The van der Waals surface area contributed by atoms with Gasteiger partial charge in [0.15, 0.2) is 11.6 Å². The second-order valence-electron chi connectivity index (χ2n) is 4.75. The monoisotopic (exact) mass is 270 g/mol. The summed E-state index contributed by atoms with van der Waals surface area (Å²) in [6.45, 7) is 6.19. The Balaban J connectivity index is 2.90. The van der Waals surface area contributed by atoms with Crippen LogP contribution in [0.25, 0.3) is 0 Å². The van der Waals surface area contributed by atoms with Gasteiger partial charge in [0.1, 0.15) is 0 Å². The van der Waals surface area contributed by atoms with Crippen LogP contribution in [0.5, 0.6) is 5.75 Å². The predicted octanol–water partition coefficient (Wildman–Crippen LogP) is 2.94. The van der Waals surface area contributed by atoms with Gasteiger partial charge in [0.25, 0.3) is 0 Å². The Kier molecular flexibility index (Phi) is 5.76. The van der Waals surface area contributed by atoms with Gasteiger partial charge in [0.05, 0.1) is 18.8 Å². The van der Waals surface area contributed by atoms with Crippen molar-refractivity contribution in [1.82, 2.24) is 0 Å². The summed E-state index contributed by atoms with van der Waals surface area (Å²) in [6, 6.07) is 4.93. The first-order valence-corrected chi connectivity index (χ1v) is 6.61. The van der Waals surface area contributed by atoms with E-state index in [1.165, 1.54) is 7.11 Å². The van der Waals surface area contributed by atoms with Crippen LogP contribution in [0.3, 0.4) is 0 Å². The maximum atomic E-state index is 14.0. The fraction of sp³-hybridized carbons (Fsp3) is 0.600. The fourth-order valence-electron chi connectivity index (χ4n) is 2.06. The van der Waals surface area contributed by atoms with Gasteiger partial charge in [-0.05, 0) is 31.9 Å². The van der Waals surface area contributed by atoms with Crippen LogP contribution in [-0.4, -0.2) is 30.5 Å². The molecule has 0 amide bonds. The van der Waals surface area contributed by atoms with Crippen molar-refractivity contribution in [1.29, 1.82) is 0 Å². The molecule has 0 radical (unpaired) electrons. The van der Waals surface area contributed by atoms with E-state index in [1.807, 2.05) is 20.8 Å². The van der Waals surface area contributed by atoms with Crippen LogP contribution in [0.4, 0.5) is 4.39 Å². The first-order valence-electron chi connectivity index (χ1n) is 6.61. The van der Waals surface area contributed by atoms with Crippen LogP contribution in [-0.2, 0) is 11.2 Å². The van der Waals surface area contributed by atoms with Gasteiger partial charge in [-0.1, -0.05) is 19.1 Å². The predicted molar refractivity (Wildman–Crippen MR) is 73.0 cm³/mol. The Hall–Kier alpha value is -1.13. The van der Waals surface area contributed by atoms with Gasteiger partial charge in [-0.15, -0.1) is 0 Å². The van der Waals surface area contributed by atoms with E-state index >= 15 is 0 Å². The Bertz CT molecular complexity index is 408. The second-order valence-corrected chi connectivity index (χ2v) is 4.75. The largest absolute Gasteiger partial charge is 0.494 e. The van der Waals surface area contributed by atoms with Crippen LogP contribution in [0, 0.1) is 5.82 Å². The van der Waals surface area contributed by atoms with Crippen molar-refractivity contribution in [2.45, 2.75) is 45.3 Å². The highest BCUT2D eigenvalue weighted by Crippen LogP contribution is 2.26. The minimum atomic E-state index is -0.765. The molecule has 1 aromatic rings. The third-order valence-corrected chi connectivity index (χ3v) is 3.56. The van der Waals surface area contributed by atoms with E-state index < -0.39 is 17.5 Å². The number of aliphatic hydroxyl groups excluding tert-OH is 1. The van der Waals surface area contributed by atoms with Crippen molar-refractivity contribution in [2.75, 3.05) is 13.7 Å². The summed E-state index contributed by atoms with van der Waals surface area (Å²) in [6.07, 6.45) is 0.0973. The summed E-state index contributed by atoms with van der Waals surface area (Å²) >= 11 is 0. The molecule has 4 heteroatoms. The van der Waals surface area contributed by atoms with Crippen LogP contribution in [0.15, 0.2) is 18.2 Å². The minimum Gasteiger partial charge on any atom is -0.494 e. The van der Waals surface area contributed by atoms with Gasteiger partial charge in [0, 0.05) is 13.0 Å². The minimum absolute atomic E-state index is 0.194. The zero-order valence-electron chi connectivity index (χ0n) is 12.1. The van der Waals surface area contributed by atoms with Crippen LogP contribution < -0.4 is 4.74 Å². The lowest BCUT2D eigenvalue weighted by Gasteiger charge is -2.33. The molecule has 1 N–H and O–H groups in total. The van der Waals surface area contributed by atoms with E-state index in [0.29, 0.717) is 18.6 Å². The summed E-state index contributed by atoms with van der Waals surface area (Å²) in [5, 5.41) is 10.3. The summed E-state index contributed by atoms with van der Waals surface area (Å²) in [5.41, 5.74) is -0.226. The average Bonchev–Trinajstić information content (AvgIpc) is 2.41. The summed E-state index contributed by atoms with van der Waals surface area (Å²) in [4.78, 5) is 0. The molecule has 19 heavy (non-hydrogen) atoms. The normalized spacial score (nSPS) is 15.9. The number of hydrogen-bond donors (Lipinski definition) is 1. The van der Waals surface area contributed by atoms with Gasteiger partial charge in [-0.3, -0.25) is 0 Å². The Morgan fingerprint density at radius 2 is 2.05 bits per heavy atom. The maximum absolute atomic E-state index is 14.0. The van der Waals surface area contributed by atoms with Crippen LogP contribution in [0.2, 0.25) is 0 Å². The molecule has 0 aliphatic heterocycles. The molecule has 1 rings (SSSR count). The third-order valence-electron chi connectivity index (χ3n) is 3.56. The Labute approximate surface area is 114 Å². The number of ether oxygens (including phenoxy) is 2. The summed E-state index contributed by atoms with van der Waals surface area (Å²) in [5.74, 6) is -0.224. The molecule has 0 spiro atoms. The van der Waals surface area contributed by atoms with E-state index in [9.17, 15) is 9.50 Å². The van der Waals surface area contributed by atoms with Crippen LogP contribution >= 0.6 is 0 Å². The molecule has 0 aliphatic rings. The van der Waals surface area contributed by atoms with Gasteiger partial charge >= 0.3 is 0 Å². The standard InChI is InChI=1S/C15H23FO3/c1-5-15(3,19-6-2)13(17)10-11-8-7-9-12(18-4)14(11)16/h7-9,13,17H,5-6,10H2,1-4H3. The SMILES string of the molecule is CCOC(C)(CC)C(O)Cc1cccc(OC)c1F. The molecular formula is C15H23FO3. The number of halogens is 1. The van der Waals surface area contributed by atoms with Crippen molar-refractivity contribution in [3.63, 3.8) is 0 Å². The first-order chi connectivity index (χ1) is 8.98. The highest BCUT2D eigenvalue weighted by molar-refractivity contribution is 5.31. The number of rotatable bonds is 7. The van der Waals surface area contributed by atoms with E-state index in [1.54, 1.807) is 18.2 Å². The van der Waals surface area contributed by atoms with Crippen molar-refractivity contribution in [3.8, 4) is 5.75 Å². The molecule has 0 saturated heterocycles. The number of aliphatic hydroxyl groups is 1. The lowest BCUT2D eigenvalue weighted by Crippen LogP contribution is -2.43. The van der Waals surface area contributed by atoms with Gasteiger partial charge in [-0.2, -0.15) is 0 Å². The average molecular weight is 270 g/mol. The lowest BCUT2D eigenvalue weighted by atomic mass is 9.90. The molecule has 2 atom stereocenters. The van der Waals surface area contributed by atoms with Crippen molar-refractivity contribution >= 4 is 0 Å². The number of benzene rings is 1. The van der Waals surface area contributed by atoms with Gasteiger partial charge < -0.3 is 14.6 Å². The molecule has 0 aromatic heterocycles. The molecular weight excluding hydrogens is 247 g/mol. The molecule has 0 saturated carbocycles. The van der Waals surface area contributed by atoms with E-state index in [-0.39, 0.29) is 12.2 Å². The van der Waals surface area contributed by atoms with Crippen LogP contribution in [0.1, 0.15) is 32.8 Å². The highest BCUT2D eigenvalue weighted by Gasteiger charge is 2.32. The smallest absolute Gasteiger partial charge is 0.168 e. The molecule has 3 nitrogen and oxygen atoms in total. The van der Waals surface area contributed by atoms with E-state index in [4.69, 9.17) is 9.47 Å². The highest BCUT2D eigenvalue weighted by atomic mass is 19.1. The van der Waals surface area contributed by atoms with Crippen molar-refractivity contribution < 1.29 is 19.0 Å². The second kappa shape index (κ2) is 6.87. The molecule has 0 aliphatic carbocycles. The zero-order chi connectivity index (χ0) is 14.5. The van der Waals surface area contributed by atoms with Gasteiger partial charge in [0.2, 0.25) is 0 Å². The number of methoxy groups -OCH3 is 1. The Morgan fingerprint density at radius 1 is 1.37 bits per heavy atom. The molecule has 0 bridgehead atoms. The van der Waals surface area contributed by atoms with Crippen molar-refractivity contribution in [3.05, 3.63) is 29.6 Å². The van der Waals surface area contributed by atoms with E-state index in [2.05, 4.69) is 0 Å². The first kappa shape index (κ1) is 15.9.